The molecule has 3 rings (SSSR count). The van der Waals surface area contributed by atoms with Gasteiger partial charge in [-0.25, -0.2) is 0 Å². The first-order valence-electron chi connectivity index (χ1n) is 7.73. The molecular weight excluding hydrogens is 274 g/mol. The zero-order valence-electron chi connectivity index (χ0n) is 13.0. The predicted molar refractivity (Wildman–Crippen MR) is 91.9 cm³/mol. The highest BCUT2D eigenvalue weighted by atomic mass is 15.1. The van der Waals surface area contributed by atoms with Gasteiger partial charge in [-0.05, 0) is 19.2 Å². The first-order chi connectivity index (χ1) is 10.8. The number of hydrogen-bond acceptors (Lipinski definition) is 4. The molecule has 5 nitrogen and oxygen atoms in total. The van der Waals surface area contributed by atoms with Gasteiger partial charge in [-0.1, -0.05) is 18.2 Å². The molecule has 0 aliphatic rings. The van der Waals surface area contributed by atoms with E-state index in [1.54, 1.807) is 0 Å². The standard InChI is InChI=1S/C17H23N5/c1-22(10-7-18)11-9-19-12-16-17-14(6-8-20-16)13-4-2-3-5-15(13)21-17/h2-6,8,19,21H,7,9-12,18H2,1H3. The van der Waals surface area contributed by atoms with Crippen molar-refractivity contribution in [2.24, 2.45) is 5.73 Å². The zero-order chi connectivity index (χ0) is 15.4. The van der Waals surface area contributed by atoms with Crippen LogP contribution >= 0.6 is 0 Å². The van der Waals surface area contributed by atoms with E-state index in [2.05, 4.69) is 57.6 Å². The fourth-order valence-corrected chi connectivity index (χ4v) is 2.77. The molecule has 22 heavy (non-hydrogen) atoms. The van der Waals surface area contributed by atoms with E-state index in [0.29, 0.717) is 6.54 Å². The van der Waals surface area contributed by atoms with Crippen LogP contribution in [0.25, 0.3) is 21.8 Å². The lowest BCUT2D eigenvalue weighted by Crippen LogP contribution is -2.32. The summed E-state index contributed by atoms with van der Waals surface area (Å²) in [6.45, 7) is 4.30. The molecule has 0 aliphatic heterocycles. The van der Waals surface area contributed by atoms with Crippen LogP contribution in [0.1, 0.15) is 5.69 Å². The Bertz CT molecular complexity index is 749. The van der Waals surface area contributed by atoms with Crippen molar-refractivity contribution in [3.05, 3.63) is 42.2 Å². The van der Waals surface area contributed by atoms with Crippen LogP contribution in [0.2, 0.25) is 0 Å². The van der Waals surface area contributed by atoms with Crippen LogP contribution < -0.4 is 11.1 Å². The van der Waals surface area contributed by atoms with Gasteiger partial charge in [0.05, 0.1) is 11.2 Å². The molecule has 4 N–H and O–H groups in total. The number of fused-ring (bicyclic) bond motifs is 3. The maximum atomic E-state index is 5.55. The first kappa shape index (κ1) is 15.0. The Labute approximate surface area is 130 Å². The summed E-state index contributed by atoms with van der Waals surface area (Å²) in [7, 11) is 2.09. The number of rotatable bonds is 7. The minimum atomic E-state index is 0.701. The van der Waals surface area contributed by atoms with Gasteiger partial charge in [-0.15, -0.1) is 0 Å². The van der Waals surface area contributed by atoms with Crippen molar-refractivity contribution < 1.29 is 0 Å². The lowest BCUT2D eigenvalue weighted by molar-refractivity contribution is 0.340. The summed E-state index contributed by atoms with van der Waals surface area (Å²) in [4.78, 5) is 10.2. The molecule has 116 valence electrons. The Morgan fingerprint density at radius 2 is 2.05 bits per heavy atom. The number of pyridine rings is 1. The van der Waals surface area contributed by atoms with Crippen molar-refractivity contribution >= 4 is 21.8 Å². The van der Waals surface area contributed by atoms with E-state index in [4.69, 9.17) is 5.73 Å². The van der Waals surface area contributed by atoms with E-state index in [0.717, 1.165) is 42.9 Å². The van der Waals surface area contributed by atoms with E-state index < -0.39 is 0 Å². The maximum absolute atomic E-state index is 5.55. The van der Waals surface area contributed by atoms with Crippen LogP contribution in [0.15, 0.2) is 36.5 Å². The highest BCUT2D eigenvalue weighted by molar-refractivity contribution is 6.07. The van der Waals surface area contributed by atoms with Crippen LogP contribution in [-0.2, 0) is 6.54 Å². The number of H-pyrrole nitrogens is 1. The predicted octanol–water partition coefficient (Wildman–Crippen LogP) is 1.70. The van der Waals surface area contributed by atoms with Gasteiger partial charge in [0.25, 0.3) is 0 Å². The molecule has 0 atom stereocenters. The van der Waals surface area contributed by atoms with Crippen LogP contribution in [-0.4, -0.2) is 48.1 Å². The molecule has 0 bridgehead atoms. The van der Waals surface area contributed by atoms with E-state index in [1.807, 2.05) is 6.20 Å². The molecular formula is C17H23N5. The summed E-state index contributed by atoms with van der Waals surface area (Å²) in [5, 5.41) is 5.95. The summed E-state index contributed by atoms with van der Waals surface area (Å²) < 4.78 is 0. The highest BCUT2D eigenvalue weighted by Crippen LogP contribution is 2.26. The second-order valence-electron chi connectivity index (χ2n) is 5.62. The van der Waals surface area contributed by atoms with E-state index >= 15 is 0 Å². The lowest BCUT2D eigenvalue weighted by Gasteiger charge is -2.15. The van der Waals surface area contributed by atoms with Crippen LogP contribution in [0.4, 0.5) is 0 Å². The Morgan fingerprint density at radius 3 is 2.91 bits per heavy atom. The average molecular weight is 297 g/mol. The molecule has 2 heterocycles. The summed E-state index contributed by atoms with van der Waals surface area (Å²) in [5.74, 6) is 0. The number of para-hydroxylation sites is 1. The summed E-state index contributed by atoms with van der Waals surface area (Å²) in [6.07, 6.45) is 1.89. The van der Waals surface area contributed by atoms with Crippen molar-refractivity contribution in [2.45, 2.75) is 6.54 Å². The van der Waals surface area contributed by atoms with Crippen LogP contribution in [0.5, 0.6) is 0 Å². The minimum Gasteiger partial charge on any atom is -0.353 e. The molecule has 3 aromatic rings. The quantitative estimate of drug-likeness (QED) is 0.581. The Balaban J connectivity index is 1.71. The molecule has 0 fully saturated rings. The fraction of sp³-hybridized carbons (Fsp3) is 0.353. The maximum Gasteiger partial charge on any atom is 0.0782 e. The Kier molecular flexibility index (Phi) is 4.68. The van der Waals surface area contributed by atoms with Gasteiger partial charge in [0, 0.05) is 55.2 Å². The smallest absolute Gasteiger partial charge is 0.0782 e. The van der Waals surface area contributed by atoms with E-state index in [-0.39, 0.29) is 0 Å². The third-order valence-corrected chi connectivity index (χ3v) is 3.98. The molecule has 2 aromatic heterocycles. The number of aromatic amines is 1. The zero-order valence-corrected chi connectivity index (χ0v) is 13.0. The summed E-state index contributed by atoms with van der Waals surface area (Å²) >= 11 is 0. The molecule has 0 radical (unpaired) electrons. The Hall–Kier alpha value is -1.95. The van der Waals surface area contributed by atoms with Crippen molar-refractivity contribution in [3.8, 4) is 0 Å². The second-order valence-corrected chi connectivity index (χ2v) is 5.62. The SMILES string of the molecule is CN(CCN)CCNCc1nccc2c1[nH]c1ccccc12. The monoisotopic (exact) mass is 297 g/mol. The third kappa shape index (κ3) is 3.11. The van der Waals surface area contributed by atoms with Crippen molar-refractivity contribution in [3.63, 3.8) is 0 Å². The number of nitrogens with zero attached hydrogens (tertiary/aromatic N) is 2. The summed E-state index contributed by atoms with van der Waals surface area (Å²) in [6, 6.07) is 10.5. The van der Waals surface area contributed by atoms with Crippen molar-refractivity contribution in [1.29, 1.82) is 0 Å². The molecule has 0 saturated heterocycles. The number of benzene rings is 1. The van der Waals surface area contributed by atoms with Crippen molar-refractivity contribution in [1.82, 2.24) is 20.2 Å². The molecule has 0 aliphatic carbocycles. The van der Waals surface area contributed by atoms with Crippen molar-refractivity contribution in [2.75, 3.05) is 33.2 Å². The highest BCUT2D eigenvalue weighted by Gasteiger charge is 2.08. The molecule has 0 saturated carbocycles. The molecule has 0 unspecified atom stereocenters. The molecule has 5 heteroatoms. The number of aromatic nitrogens is 2. The van der Waals surface area contributed by atoms with Gasteiger partial charge in [0.1, 0.15) is 0 Å². The molecule has 0 spiro atoms. The topological polar surface area (TPSA) is 70.0 Å². The Morgan fingerprint density at radius 1 is 1.18 bits per heavy atom. The van der Waals surface area contributed by atoms with Gasteiger partial charge in [-0.3, -0.25) is 4.98 Å². The lowest BCUT2D eigenvalue weighted by atomic mass is 10.1. The number of nitrogens with two attached hydrogens (primary N) is 1. The molecule has 1 aromatic carbocycles. The minimum absolute atomic E-state index is 0.701. The second kappa shape index (κ2) is 6.87. The van der Waals surface area contributed by atoms with Crippen LogP contribution in [0, 0.1) is 0 Å². The fourth-order valence-electron chi connectivity index (χ4n) is 2.77. The van der Waals surface area contributed by atoms with Gasteiger partial charge >= 0.3 is 0 Å². The summed E-state index contributed by atoms with van der Waals surface area (Å²) in [5.41, 5.74) is 8.91. The molecule has 0 amide bonds. The number of likely N-dealkylation sites (N-methyl/N-ethyl adjacent to an activating group) is 1. The van der Waals surface area contributed by atoms with E-state index in [9.17, 15) is 0 Å². The largest absolute Gasteiger partial charge is 0.353 e. The normalized spacial score (nSPS) is 11.8. The van der Waals surface area contributed by atoms with Gasteiger partial charge in [0.15, 0.2) is 0 Å². The number of nitrogens with one attached hydrogen (secondary N) is 2. The number of hydrogen-bond donors (Lipinski definition) is 3. The first-order valence-corrected chi connectivity index (χ1v) is 7.73. The van der Waals surface area contributed by atoms with Crippen LogP contribution in [0.3, 0.4) is 0 Å². The third-order valence-electron chi connectivity index (χ3n) is 3.98. The van der Waals surface area contributed by atoms with Gasteiger partial charge < -0.3 is 20.9 Å². The average Bonchev–Trinajstić information content (AvgIpc) is 2.91. The van der Waals surface area contributed by atoms with Gasteiger partial charge in [0.2, 0.25) is 0 Å². The van der Waals surface area contributed by atoms with E-state index in [1.165, 1.54) is 10.8 Å². The van der Waals surface area contributed by atoms with Gasteiger partial charge in [-0.2, -0.15) is 0 Å².